The molecule has 5 nitrogen and oxygen atoms in total. The molecule has 1 amide bonds. The minimum absolute atomic E-state index is 0.158. The lowest BCUT2D eigenvalue weighted by Gasteiger charge is -2.32. The lowest BCUT2D eigenvalue weighted by Crippen LogP contribution is -2.51. The van der Waals surface area contributed by atoms with Crippen LogP contribution in [0.1, 0.15) is 34.1 Å². The smallest absolute Gasteiger partial charge is 0.239 e. The van der Waals surface area contributed by atoms with Crippen molar-refractivity contribution < 1.29 is 14.3 Å². The van der Waals surface area contributed by atoms with Gasteiger partial charge < -0.3 is 19.7 Å². The van der Waals surface area contributed by atoms with E-state index in [2.05, 4.69) is 26.1 Å². The van der Waals surface area contributed by atoms with E-state index in [1.807, 2.05) is 11.8 Å². The van der Waals surface area contributed by atoms with E-state index in [0.717, 1.165) is 6.42 Å². The molecule has 1 heterocycles. The number of morpholine rings is 1. The van der Waals surface area contributed by atoms with Crippen LogP contribution in [0.2, 0.25) is 0 Å². The average Bonchev–Trinajstić information content (AvgIpc) is 2.38. The maximum Gasteiger partial charge on any atom is 0.239 e. The maximum absolute atomic E-state index is 12.2. The Morgan fingerprint density at radius 3 is 2.47 bits per heavy atom. The quantitative estimate of drug-likeness (QED) is 0.784. The third-order valence-electron chi connectivity index (χ3n) is 3.58. The highest BCUT2D eigenvalue weighted by atomic mass is 16.5. The van der Waals surface area contributed by atoms with Crippen LogP contribution >= 0.6 is 0 Å². The van der Waals surface area contributed by atoms with Gasteiger partial charge in [-0.3, -0.25) is 4.79 Å². The third-order valence-corrected chi connectivity index (χ3v) is 3.58. The van der Waals surface area contributed by atoms with Gasteiger partial charge in [-0.1, -0.05) is 0 Å². The van der Waals surface area contributed by atoms with E-state index in [1.54, 1.807) is 7.11 Å². The second-order valence-corrected chi connectivity index (χ2v) is 5.90. The fourth-order valence-electron chi connectivity index (χ4n) is 2.44. The molecule has 0 spiro atoms. The zero-order valence-corrected chi connectivity index (χ0v) is 12.9. The van der Waals surface area contributed by atoms with Gasteiger partial charge in [-0.15, -0.1) is 0 Å². The standard InChI is InChI=1S/C14H28N2O3/c1-11(10-14(3,4)18-5)15-12(2)13(17)16-6-8-19-9-7-16/h11-12,15H,6-10H2,1-5H3. The molecule has 0 bridgehead atoms. The maximum atomic E-state index is 12.2. The molecular formula is C14H28N2O3. The minimum Gasteiger partial charge on any atom is -0.379 e. The molecule has 1 aliphatic rings. The first kappa shape index (κ1) is 16.4. The summed E-state index contributed by atoms with van der Waals surface area (Å²) >= 11 is 0. The minimum atomic E-state index is -0.172. The van der Waals surface area contributed by atoms with Crippen LogP contribution in [0.4, 0.5) is 0 Å². The Balaban J connectivity index is 2.40. The Kier molecular flexibility index (Phi) is 6.23. The van der Waals surface area contributed by atoms with Gasteiger partial charge in [0.15, 0.2) is 0 Å². The Bertz CT molecular complexity index is 288. The van der Waals surface area contributed by atoms with Crippen LogP contribution in [0.5, 0.6) is 0 Å². The highest BCUT2D eigenvalue weighted by molar-refractivity contribution is 5.81. The van der Waals surface area contributed by atoms with Gasteiger partial charge in [0.05, 0.1) is 24.9 Å². The summed E-state index contributed by atoms with van der Waals surface area (Å²) in [5.41, 5.74) is -0.172. The van der Waals surface area contributed by atoms with Gasteiger partial charge in [0.25, 0.3) is 0 Å². The number of hydrogen-bond acceptors (Lipinski definition) is 4. The van der Waals surface area contributed by atoms with Crippen molar-refractivity contribution in [1.82, 2.24) is 10.2 Å². The summed E-state index contributed by atoms with van der Waals surface area (Å²) < 4.78 is 10.7. The fraction of sp³-hybridized carbons (Fsp3) is 0.929. The predicted molar refractivity (Wildman–Crippen MR) is 75.2 cm³/mol. The fourth-order valence-corrected chi connectivity index (χ4v) is 2.44. The average molecular weight is 272 g/mol. The lowest BCUT2D eigenvalue weighted by molar-refractivity contribution is -0.137. The Hall–Kier alpha value is -0.650. The Morgan fingerprint density at radius 2 is 1.95 bits per heavy atom. The van der Waals surface area contributed by atoms with Crippen molar-refractivity contribution in [2.24, 2.45) is 0 Å². The van der Waals surface area contributed by atoms with Crippen LogP contribution < -0.4 is 5.32 Å². The van der Waals surface area contributed by atoms with Crippen molar-refractivity contribution in [3.05, 3.63) is 0 Å². The topological polar surface area (TPSA) is 50.8 Å². The molecule has 1 fully saturated rings. The molecule has 0 aromatic rings. The monoisotopic (exact) mass is 272 g/mol. The van der Waals surface area contributed by atoms with Crippen LogP contribution in [0.3, 0.4) is 0 Å². The number of carbonyl (C=O) groups excluding carboxylic acids is 1. The van der Waals surface area contributed by atoms with Crippen LogP contribution in [-0.4, -0.2) is 61.9 Å². The van der Waals surface area contributed by atoms with Crippen LogP contribution in [0.15, 0.2) is 0 Å². The molecule has 19 heavy (non-hydrogen) atoms. The summed E-state index contributed by atoms with van der Waals surface area (Å²) in [6, 6.07) is 0.0655. The van der Waals surface area contributed by atoms with E-state index in [9.17, 15) is 4.79 Å². The number of nitrogens with zero attached hydrogens (tertiary/aromatic N) is 1. The molecule has 1 N–H and O–H groups in total. The molecule has 2 atom stereocenters. The molecule has 5 heteroatoms. The van der Waals surface area contributed by atoms with Crippen molar-refractivity contribution in [3.63, 3.8) is 0 Å². The van der Waals surface area contributed by atoms with E-state index in [4.69, 9.17) is 9.47 Å². The van der Waals surface area contributed by atoms with Crippen molar-refractivity contribution in [3.8, 4) is 0 Å². The summed E-state index contributed by atoms with van der Waals surface area (Å²) in [4.78, 5) is 14.1. The first-order valence-corrected chi connectivity index (χ1v) is 7.03. The van der Waals surface area contributed by atoms with E-state index in [1.165, 1.54) is 0 Å². The second kappa shape index (κ2) is 7.22. The normalized spacial score (nSPS) is 20.2. The number of rotatable bonds is 6. The molecule has 0 aromatic carbocycles. The molecular weight excluding hydrogens is 244 g/mol. The van der Waals surface area contributed by atoms with Crippen LogP contribution in [0, 0.1) is 0 Å². The first-order chi connectivity index (χ1) is 8.85. The van der Waals surface area contributed by atoms with E-state index in [-0.39, 0.29) is 23.6 Å². The molecule has 0 aromatic heterocycles. The van der Waals surface area contributed by atoms with Gasteiger partial charge in [0.1, 0.15) is 0 Å². The van der Waals surface area contributed by atoms with Crippen molar-refractivity contribution in [2.45, 2.75) is 51.8 Å². The summed E-state index contributed by atoms with van der Waals surface area (Å²) in [6.45, 7) is 10.8. The summed E-state index contributed by atoms with van der Waals surface area (Å²) in [7, 11) is 1.72. The number of ether oxygens (including phenoxy) is 2. The summed E-state index contributed by atoms with van der Waals surface area (Å²) in [5, 5.41) is 3.36. The van der Waals surface area contributed by atoms with E-state index < -0.39 is 0 Å². The lowest BCUT2D eigenvalue weighted by atomic mass is 9.99. The van der Waals surface area contributed by atoms with Gasteiger partial charge in [-0.25, -0.2) is 0 Å². The highest BCUT2D eigenvalue weighted by Gasteiger charge is 2.26. The van der Waals surface area contributed by atoms with E-state index >= 15 is 0 Å². The largest absolute Gasteiger partial charge is 0.379 e. The van der Waals surface area contributed by atoms with Crippen molar-refractivity contribution >= 4 is 5.91 Å². The van der Waals surface area contributed by atoms with Crippen LogP contribution in [-0.2, 0) is 14.3 Å². The van der Waals surface area contributed by atoms with Gasteiger partial charge in [-0.05, 0) is 34.1 Å². The third kappa shape index (κ3) is 5.47. The number of hydrogen-bond donors (Lipinski definition) is 1. The SMILES string of the molecule is COC(C)(C)CC(C)NC(C)C(=O)N1CCOCC1. The summed E-state index contributed by atoms with van der Waals surface area (Å²) in [6.07, 6.45) is 0.865. The number of carbonyl (C=O) groups is 1. The van der Waals surface area contributed by atoms with Crippen molar-refractivity contribution in [2.75, 3.05) is 33.4 Å². The van der Waals surface area contributed by atoms with Gasteiger partial charge >= 0.3 is 0 Å². The van der Waals surface area contributed by atoms with Crippen molar-refractivity contribution in [1.29, 1.82) is 0 Å². The number of nitrogens with one attached hydrogen (secondary N) is 1. The summed E-state index contributed by atoms with van der Waals surface area (Å²) in [5.74, 6) is 0.158. The molecule has 1 saturated heterocycles. The zero-order chi connectivity index (χ0) is 14.5. The zero-order valence-electron chi connectivity index (χ0n) is 12.9. The Morgan fingerprint density at radius 1 is 1.37 bits per heavy atom. The highest BCUT2D eigenvalue weighted by Crippen LogP contribution is 2.15. The molecule has 1 rings (SSSR count). The number of amides is 1. The van der Waals surface area contributed by atoms with Gasteiger partial charge in [0.2, 0.25) is 5.91 Å². The second-order valence-electron chi connectivity index (χ2n) is 5.90. The Labute approximate surface area is 116 Å². The number of methoxy groups -OCH3 is 1. The molecule has 1 aliphatic heterocycles. The first-order valence-electron chi connectivity index (χ1n) is 7.03. The predicted octanol–water partition coefficient (Wildman–Crippen LogP) is 1.03. The molecule has 0 aliphatic carbocycles. The van der Waals surface area contributed by atoms with E-state index in [0.29, 0.717) is 26.3 Å². The molecule has 0 radical (unpaired) electrons. The van der Waals surface area contributed by atoms with Gasteiger partial charge in [0, 0.05) is 26.2 Å². The molecule has 112 valence electrons. The van der Waals surface area contributed by atoms with Gasteiger partial charge in [-0.2, -0.15) is 0 Å². The molecule has 0 saturated carbocycles. The van der Waals surface area contributed by atoms with Crippen LogP contribution in [0.25, 0.3) is 0 Å². The molecule has 2 unspecified atom stereocenters.